The molecule has 0 fully saturated rings. The monoisotopic (exact) mass is 452 g/mol. The maximum absolute atomic E-state index is 12.2. The lowest BCUT2D eigenvalue weighted by molar-refractivity contribution is -0.113. The summed E-state index contributed by atoms with van der Waals surface area (Å²) in [5, 5.41) is 15.3. The number of hydrogen-bond donors (Lipinski definition) is 1. The van der Waals surface area contributed by atoms with Gasteiger partial charge in [-0.15, -0.1) is 32.9 Å². The van der Waals surface area contributed by atoms with E-state index in [1.807, 2.05) is 54.8 Å². The van der Waals surface area contributed by atoms with E-state index in [1.165, 1.54) is 17.3 Å². The number of nitrogens with one attached hydrogen (secondary N) is 1. The molecule has 0 saturated carbocycles. The molecule has 8 heteroatoms. The maximum atomic E-state index is 12.2. The summed E-state index contributed by atoms with van der Waals surface area (Å²) in [6.45, 7) is 4.10. The van der Waals surface area contributed by atoms with Gasteiger partial charge in [0.1, 0.15) is 15.7 Å². The zero-order valence-electron chi connectivity index (χ0n) is 16.6. The topological polar surface area (TPSA) is 67.8 Å². The Labute approximate surface area is 187 Å². The highest BCUT2D eigenvalue weighted by Gasteiger charge is 2.14. The number of anilines is 1. The number of aryl methyl sites for hydroxylation is 2. The largest absolute Gasteiger partial charge is 0.325 e. The summed E-state index contributed by atoms with van der Waals surface area (Å²) in [5.74, 6) is 0.222. The summed E-state index contributed by atoms with van der Waals surface area (Å²) in [5.41, 5.74) is 3.81. The van der Waals surface area contributed by atoms with Crippen molar-refractivity contribution in [2.75, 3.05) is 11.1 Å². The third kappa shape index (κ3) is 4.95. The molecule has 0 aliphatic heterocycles. The van der Waals surface area contributed by atoms with Gasteiger partial charge in [0.25, 0.3) is 0 Å². The Bertz CT molecular complexity index is 1120. The van der Waals surface area contributed by atoms with Gasteiger partial charge in [0, 0.05) is 5.69 Å². The number of thiazole rings is 1. The van der Waals surface area contributed by atoms with Crippen molar-refractivity contribution in [1.82, 2.24) is 15.2 Å². The van der Waals surface area contributed by atoms with Crippen molar-refractivity contribution >= 4 is 46.0 Å². The van der Waals surface area contributed by atoms with E-state index in [2.05, 4.69) is 33.5 Å². The van der Waals surface area contributed by atoms with Crippen LogP contribution in [-0.2, 0) is 11.2 Å². The van der Waals surface area contributed by atoms with Gasteiger partial charge in [0.15, 0.2) is 0 Å². The van der Waals surface area contributed by atoms with Crippen molar-refractivity contribution in [2.24, 2.45) is 0 Å². The van der Waals surface area contributed by atoms with Crippen LogP contribution in [0.25, 0.3) is 20.5 Å². The Morgan fingerprint density at radius 3 is 2.60 bits per heavy atom. The molecular formula is C22H20N4OS3. The predicted molar refractivity (Wildman–Crippen MR) is 126 cm³/mol. The lowest BCUT2D eigenvalue weighted by Crippen LogP contribution is -2.14. The molecule has 1 aromatic carbocycles. The molecule has 4 aromatic rings. The molecule has 30 heavy (non-hydrogen) atoms. The highest BCUT2D eigenvalue weighted by molar-refractivity contribution is 7.99. The van der Waals surface area contributed by atoms with Gasteiger partial charge in [0.05, 0.1) is 21.2 Å². The minimum atomic E-state index is -0.0611. The van der Waals surface area contributed by atoms with E-state index in [0.717, 1.165) is 43.3 Å². The van der Waals surface area contributed by atoms with Crippen LogP contribution in [0.1, 0.15) is 18.2 Å². The Balaban J connectivity index is 1.36. The van der Waals surface area contributed by atoms with Crippen molar-refractivity contribution in [2.45, 2.75) is 25.3 Å². The third-order valence-corrected chi connectivity index (χ3v) is 7.54. The van der Waals surface area contributed by atoms with Crippen LogP contribution >= 0.6 is 34.4 Å². The summed E-state index contributed by atoms with van der Waals surface area (Å²) >= 11 is 4.67. The summed E-state index contributed by atoms with van der Waals surface area (Å²) in [4.78, 5) is 19.0. The first-order chi connectivity index (χ1) is 14.6. The number of hydrogen-bond acceptors (Lipinski definition) is 7. The van der Waals surface area contributed by atoms with E-state index < -0.39 is 0 Å². The average Bonchev–Trinajstić information content (AvgIpc) is 3.43. The number of carbonyl (C=O) groups excluding carboxylic acids is 1. The quantitative estimate of drug-likeness (QED) is 0.352. The van der Waals surface area contributed by atoms with E-state index >= 15 is 0 Å². The number of carbonyl (C=O) groups is 1. The van der Waals surface area contributed by atoms with Crippen LogP contribution < -0.4 is 5.32 Å². The average molecular weight is 453 g/mol. The normalized spacial score (nSPS) is 10.9. The fourth-order valence-corrected chi connectivity index (χ4v) is 5.26. The van der Waals surface area contributed by atoms with Gasteiger partial charge in [-0.05, 0) is 54.6 Å². The molecular weight excluding hydrogens is 432 g/mol. The number of rotatable bonds is 7. The zero-order chi connectivity index (χ0) is 20.9. The molecule has 0 spiro atoms. The van der Waals surface area contributed by atoms with E-state index in [9.17, 15) is 4.79 Å². The Kier molecular flexibility index (Phi) is 6.56. The van der Waals surface area contributed by atoms with Crippen molar-refractivity contribution in [1.29, 1.82) is 0 Å². The minimum absolute atomic E-state index is 0.0611. The first-order valence-corrected chi connectivity index (χ1v) is 12.2. The molecule has 0 bridgehead atoms. The van der Waals surface area contributed by atoms with Crippen molar-refractivity contribution < 1.29 is 4.79 Å². The molecule has 4 rings (SSSR count). The summed E-state index contributed by atoms with van der Waals surface area (Å²) < 4.78 is 0. The lowest BCUT2D eigenvalue weighted by atomic mass is 10.1. The summed E-state index contributed by atoms with van der Waals surface area (Å²) in [6, 6.07) is 15.8. The maximum Gasteiger partial charge on any atom is 0.234 e. The second-order valence-corrected chi connectivity index (χ2v) is 9.50. The summed E-state index contributed by atoms with van der Waals surface area (Å²) in [7, 11) is 0. The first-order valence-electron chi connectivity index (χ1n) is 9.49. The first kappa shape index (κ1) is 20.7. The fraction of sp³-hybridized carbons (Fsp3) is 0.182. The van der Waals surface area contributed by atoms with Crippen LogP contribution in [0.4, 0.5) is 5.69 Å². The van der Waals surface area contributed by atoms with Gasteiger partial charge < -0.3 is 5.32 Å². The molecule has 152 valence electrons. The smallest absolute Gasteiger partial charge is 0.234 e. The second-order valence-electron chi connectivity index (χ2n) is 6.55. The number of thioether (sulfide) groups is 1. The van der Waals surface area contributed by atoms with Gasteiger partial charge in [0.2, 0.25) is 5.91 Å². The molecule has 3 heterocycles. The Morgan fingerprint density at radius 2 is 1.93 bits per heavy atom. The van der Waals surface area contributed by atoms with Gasteiger partial charge in [-0.3, -0.25) is 4.79 Å². The molecule has 1 N–H and O–H groups in total. The van der Waals surface area contributed by atoms with Crippen LogP contribution in [0.5, 0.6) is 0 Å². The van der Waals surface area contributed by atoms with Crippen molar-refractivity contribution in [3.8, 4) is 20.5 Å². The zero-order valence-corrected chi connectivity index (χ0v) is 19.0. The number of benzene rings is 1. The fourth-order valence-electron chi connectivity index (χ4n) is 2.82. The number of thiophene rings is 1. The SMILES string of the molecule is CCc1ccc(NC(=O)CSc2ccc(-c3sc(-c4cccs4)nc3C)nn2)cc1. The van der Waals surface area contributed by atoms with Crippen molar-refractivity contribution in [3.63, 3.8) is 0 Å². The molecule has 0 atom stereocenters. The standard InChI is InChI=1S/C22H20N4OS3/c1-3-15-6-8-16(9-7-15)24-19(27)13-29-20-11-10-17(25-26-20)21-14(2)23-22(30-21)18-5-4-12-28-18/h4-12H,3,13H2,1-2H3,(H,24,27). The van der Waals surface area contributed by atoms with Crippen LogP contribution in [0.15, 0.2) is 58.9 Å². The van der Waals surface area contributed by atoms with Gasteiger partial charge in [-0.25, -0.2) is 4.98 Å². The van der Waals surface area contributed by atoms with E-state index in [1.54, 1.807) is 22.7 Å². The van der Waals surface area contributed by atoms with E-state index in [0.29, 0.717) is 0 Å². The number of nitrogens with zero attached hydrogens (tertiary/aromatic N) is 3. The number of amides is 1. The molecule has 0 aliphatic carbocycles. The molecule has 0 unspecified atom stereocenters. The second kappa shape index (κ2) is 9.51. The summed E-state index contributed by atoms with van der Waals surface area (Å²) in [6.07, 6.45) is 0.981. The molecule has 3 aromatic heterocycles. The molecule has 1 amide bonds. The van der Waals surface area contributed by atoms with Crippen LogP contribution in [0.3, 0.4) is 0 Å². The Morgan fingerprint density at radius 1 is 1.10 bits per heavy atom. The van der Waals surface area contributed by atoms with Crippen LogP contribution in [0, 0.1) is 6.92 Å². The molecule has 0 saturated heterocycles. The minimum Gasteiger partial charge on any atom is -0.325 e. The van der Waals surface area contributed by atoms with Crippen LogP contribution in [-0.4, -0.2) is 26.8 Å². The van der Waals surface area contributed by atoms with Crippen molar-refractivity contribution in [3.05, 3.63) is 65.2 Å². The highest BCUT2D eigenvalue weighted by atomic mass is 32.2. The van der Waals surface area contributed by atoms with Gasteiger partial charge in [-0.1, -0.05) is 36.9 Å². The number of aromatic nitrogens is 3. The van der Waals surface area contributed by atoms with Gasteiger partial charge >= 0.3 is 0 Å². The van der Waals surface area contributed by atoms with E-state index in [4.69, 9.17) is 0 Å². The highest BCUT2D eigenvalue weighted by Crippen LogP contribution is 2.36. The van der Waals surface area contributed by atoms with Crippen LogP contribution in [0.2, 0.25) is 0 Å². The molecule has 0 radical (unpaired) electrons. The molecule has 0 aliphatic rings. The Hall–Kier alpha value is -2.55. The van der Waals surface area contributed by atoms with E-state index in [-0.39, 0.29) is 11.7 Å². The predicted octanol–water partition coefficient (Wildman–Crippen LogP) is 5.93. The lowest BCUT2D eigenvalue weighted by Gasteiger charge is -2.06. The molecule has 5 nitrogen and oxygen atoms in total. The van der Waals surface area contributed by atoms with Gasteiger partial charge in [-0.2, -0.15) is 0 Å². The third-order valence-electron chi connectivity index (χ3n) is 4.40.